The van der Waals surface area contributed by atoms with Crippen LogP contribution in [0.4, 0.5) is 0 Å². The Morgan fingerprint density at radius 3 is 2.68 bits per heavy atom. The van der Waals surface area contributed by atoms with Crippen LogP contribution in [0.1, 0.15) is 30.7 Å². The van der Waals surface area contributed by atoms with Crippen LogP contribution >= 0.6 is 22.9 Å². The van der Waals surface area contributed by atoms with Crippen LogP contribution in [0.5, 0.6) is 0 Å². The molecule has 6 heteroatoms. The van der Waals surface area contributed by atoms with Crippen molar-refractivity contribution in [1.29, 1.82) is 0 Å². The van der Waals surface area contributed by atoms with Crippen LogP contribution in [0.25, 0.3) is 0 Å². The minimum Gasteiger partial charge on any atom is -0.207 e. The van der Waals surface area contributed by atoms with Gasteiger partial charge >= 0.3 is 0 Å². The van der Waals surface area contributed by atoms with E-state index in [1.165, 1.54) is 11.3 Å². The molecule has 0 aliphatic carbocycles. The monoisotopic (exact) mass is 321 g/mol. The molecule has 0 spiro atoms. The molecule has 1 aliphatic rings. The number of thiophene rings is 1. The topological polar surface area (TPSA) is 37.4 Å². The van der Waals surface area contributed by atoms with Crippen molar-refractivity contribution < 1.29 is 8.42 Å². The van der Waals surface area contributed by atoms with Gasteiger partial charge in [-0.2, -0.15) is 4.31 Å². The summed E-state index contributed by atoms with van der Waals surface area (Å²) in [7, 11) is -3.39. The summed E-state index contributed by atoms with van der Waals surface area (Å²) in [6, 6.07) is 0. The second-order valence-electron chi connectivity index (χ2n) is 5.41. The summed E-state index contributed by atoms with van der Waals surface area (Å²) in [6.07, 6.45) is 0.930. The number of halogens is 1. The lowest BCUT2D eigenvalue weighted by atomic mass is 9.90. The van der Waals surface area contributed by atoms with Gasteiger partial charge in [0.25, 0.3) is 0 Å². The first-order valence-electron chi connectivity index (χ1n) is 6.51. The Balaban J connectivity index is 2.35. The fraction of sp³-hybridized carbons (Fsp3) is 0.692. The average molecular weight is 322 g/mol. The summed E-state index contributed by atoms with van der Waals surface area (Å²) in [5.41, 5.74) is 0.812. The zero-order chi connectivity index (χ0) is 14.2. The van der Waals surface area contributed by atoms with Gasteiger partial charge in [-0.05, 0) is 36.1 Å². The number of alkyl halides is 1. The number of hydrogen-bond donors (Lipinski definition) is 0. The Morgan fingerprint density at radius 1 is 1.42 bits per heavy atom. The Bertz CT molecular complexity index is 553. The van der Waals surface area contributed by atoms with Crippen molar-refractivity contribution in [3.8, 4) is 0 Å². The number of hydrogen-bond acceptors (Lipinski definition) is 3. The lowest BCUT2D eigenvalue weighted by Crippen LogP contribution is -2.42. The highest BCUT2D eigenvalue weighted by Gasteiger charge is 2.34. The molecule has 2 atom stereocenters. The summed E-state index contributed by atoms with van der Waals surface area (Å²) in [5, 5.41) is 1.88. The van der Waals surface area contributed by atoms with Gasteiger partial charge in [0.2, 0.25) is 10.0 Å². The highest BCUT2D eigenvalue weighted by Crippen LogP contribution is 2.33. The number of aryl methyl sites for hydroxylation is 1. The largest absolute Gasteiger partial charge is 0.244 e. The zero-order valence-electron chi connectivity index (χ0n) is 11.5. The fourth-order valence-corrected chi connectivity index (χ4v) is 6.06. The highest BCUT2D eigenvalue weighted by atomic mass is 35.5. The number of nitrogens with zero attached hydrogens (tertiary/aromatic N) is 1. The SMILES string of the molecule is Cc1csc(CCl)c1S(=O)(=O)N1CCC(C)C(C)C1. The molecule has 1 aromatic rings. The smallest absolute Gasteiger partial charge is 0.207 e. The molecule has 1 saturated heterocycles. The van der Waals surface area contributed by atoms with E-state index in [1.54, 1.807) is 4.31 Å². The van der Waals surface area contributed by atoms with Crippen molar-refractivity contribution in [2.24, 2.45) is 11.8 Å². The van der Waals surface area contributed by atoms with Gasteiger partial charge < -0.3 is 0 Å². The normalized spacial score (nSPS) is 25.7. The molecule has 1 fully saturated rings. The van der Waals surface area contributed by atoms with Gasteiger partial charge in [-0.3, -0.25) is 0 Å². The van der Waals surface area contributed by atoms with Gasteiger partial charge in [0.05, 0.1) is 5.88 Å². The van der Waals surface area contributed by atoms with Crippen molar-refractivity contribution in [3.63, 3.8) is 0 Å². The minimum atomic E-state index is -3.39. The summed E-state index contributed by atoms with van der Waals surface area (Å²) in [5.74, 6) is 1.25. The molecular weight excluding hydrogens is 302 g/mol. The quantitative estimate of drug-likeness (QED) is 0.799. The van der Waals surface area contributed by atoms with E-state index in [1.807, 2.05) is 12.3 Å². The van der Waals surface area contributed by atoms with E-state index < -0.39 is 10.0 Å². The van der Waals surface area contributed by atoms with E-state index >= 15 is 0 Å². The second kappa shape index (κ2) is 5.72. The third-order valence-corrected chi connectivity index (χ3v) is 7.76. The minimum absolute atomic E-state index is 0.257. The second-order valence-corrected chi connectivity index (χ2v) is 8.52. The number of sulfonamides is 1. The van der Waals surface area contributed by atoms with E-state index in [0.717, 1.165) is 16.9 Å². The van der Waals surface area contributed by atoms with Gasteiger partial charge in [0, 0.05) is 18.0 Å². The predicted octanol–water partition coefficient (Wildman–Crippen LogP) is 3.46. The van der Waals surface area contributed by atoms with Crippen LogP contribution in [0, 0.1) is 18.8 Å². The van der Waals surface area contributed by atoms with Crippen LogP contribution in [0.2, 0.25) is 0 Å². The molecule has 2 heterocycles. The highest BCUT2D eigenvalue weighted by molar-refractivity contribution is 7.89. The molecule has 108 valence electrons. The Labute approximate surface area is 124 Å². The van der Waals surface area contributed by atoms with Crippen molar-refractivity contribution in [3.05, 3.63) is 15.8 Å². The molecule has 2 unspecified atom stereocenters. The molecule has 0 bridgehead atoms. The van der Waals surface area contributed by atoms with Crippen LogP contribution in [0.15, 0.2) is 10.3 Å². The first kappa shape index (κ1) is 15.3. The summed E-state index contributed by atoms with van der Waals surface area (Å²) < 4.78 is 27.2. The molecule has 0 amide bonds. The molecular formula is C13H20ClNO2S2. The first-order chi connectivity index (χ1) is 8.87. The standard InChI is InChI=1S/C13H20ClNO2S2/c1-9-4-5-15(7-10(9)2)19(16,17)13-11(3)8-18-12(13)6-14/h8-10H,4-7H2,1-3H3. The van der Waals surface area contributed by atoms with Gasteiger partial charge in [-0.1, -0.05) is 13.8 Å². The molecule has 0 saturated carbocycles. The number of rotatable bonds is 3. The maximum atomic E-state index is 12.8. The van der Waals surface area contributed by atoms with Gasteiger partial charge in [0.15, 0.2) is 0 Å². The van der Waals surface area contributed by atoms with E-state index in [0.29, 0.717) is 29.8 Å². The van der Waals surface area contributed by atoms with Crippen molar-refractivity contribution >= 4 is 33.0 Å². The lowest BCUT2D eigenvalue weighted by molar-refractivity contribution is 0.212. The summed E-state index contributed by atoms with van der Waals surface area (Å²) in [6.45, 7) is 7.38. The first-order valence-corrected chi connectivity index (χ1v) is 9.36. The van der Waals surface area contributed by atoms with Gasteiger partial charge in [-0.15, -0.1) is 22.9 Å². The molecule has 0 aromatic carbocycles. The Morgan fingerprint density at radius 2 is 2.11 bits per heavy atom. The molecule has 2 rings (SSSR count). The van der Waals surface area contributed by atoms with Gasteiger partial charge in [0.1, 0.15) is 4.90 Å². The summed E-state index contributed by atoms with van der Waals surface area (Å²) in [4.78, 5) is 1.19. The van der Waals surface area contributed by atoms with Crippen molar-refractivity contribution in [1.82, 2.24) is 4.31 Å². The van der Waals surface area contributed by atoms with Crippen molar-refractivity contribution in [2.45, 2.75) is 38.0 Å². The average Bonchev–Trinajstić information content (AvgIpc) is 2.74. The van der Waals surface area contributed by atoms with E-state index in [9.17, 15) is 8.42 Å². The predicted molar refractivity (Wildman–Crippen MR) is 80.3 cm³/mol. The third kappa shape index (κ3) is 2.84. The van der Waals surface area contributed by atoms with Gasteiger partial charge in [-0.25, -0.2) is 8.42 Å². The van der Waals surface area contributed by atoms with Crippen LogP contribution in [-0.2, 0) is 15.9 Å². The molecule has 3 nitrogen and oxygen atoms in total. The van der Waals surface area contributed by atoms with E-state index in [2.05, 4.69) is 13.8 Å². The van der Waals surface area contributed by atoms with Crippen LogP contribution in [-0.4, -0.2) is 25.8 Å². The Hall–Kier alpha value is -0.100. The van der Waals surface area contributed by atoms with Crippen LogP contribution < -0.4 is 0 Å². The van der Waals surface area contributed by atoms with Crippen molar-refractivity contribution in [2.75, 3.05) is 13.1 Å². The maximum absolute atomic E-state index is 12.8. The molecule has 19 heavy (non-hydrogen) atoms. The molecule has 1 aromatic heterocycles. The molecule has 0 N–H and O–H groups in total. The zero-order valence-corrected chi connectivity index (χ0v) is 13.9. The molecule has 1 aliphatic heterocycles. The van der Waals surface area contributed by atoms with E-state index in [-0.39, 0.29) is 5.88 Å². The summed E-state index contributed by atoms with van der Waals surface area (Å²) >= 11 is 7.30. The van der Waals surface area contributed by atoms with E-state index in [4.69, 9.17) is 11.6 Å². The Kier molecular flexibility index (Phi) is 4.60. The van der Waals surface area contributed by atoms with Crippen LogP contribution in [0.3, 0.4) is 0 Å². The fourth-order valence-electron chi connectivity index (χ4n) is 2.50. The number of piperidine rings is 1. The molecule has 0 radical (unpaired) electrons. The maximum Gasteiger partial charge on any atom is 0.244 e. The third-order valence-electron chi connectivity index (χ3n) is 4.01. The lowest BCUT2D eigenvalue weighted by Gasteiger charge is -2.34.